The molecule has 0 aliphatic carbocycles. The summed E-state index contributed by atoms with van der Waals surface area (Å²) in [5.41, 5.74) is 6.44. The summed E-state index contributed by atoms with van der Waals surface area (Å²) in [6.07, 6.45) is 1.03. The maximum absolute atomic E-state index is 13.9. The van der Waals surface area contributed by atoms with Crippen LogP contribution >= 0.6 is 0 Å². The lowest BCUT2D eigenvalue weighted by Crippen LogP contribution is -2.47. The smallest absolute Gasteiger partial charge is 0.262 e. The maximum atomic E-state index is 13.9. The zero-order chi connectivity index (χ0) is 28.2. The van der Waals surface area contributed by atoms with Crippen molar-refractivity contribution in [3.05, 3.63) is 70.3 Å². The van der Waals surface area contributed by atoms with E-state index in [2.05, 4.69) is 88.9 Å². The highest BCUT2D eigenvalue weighted by molar-refractivity contribution is 6.03. The lowest BCUT2D eigenvalue weighted by atomic mass is 9.91. The molecule has 4 rings (SSSR count). The van der Waals surface area contributed by atoms with Crippen molar-refractivity contribution in [2.45, 2.75) is 60.4 Å². The Labute approximate surface area is 233 Å². The van der Waals surface area contributed by atoms with Gasteiger partial charge in [0.05, 0.1) is 25.0 Å². The van der Waals surface area contributed by atoms with Crippen molar-refractivity contribution in [1.29, 1.82) is 0 Å². The molecule has 0 aromatic heterocycles. The number of carbonyl (C=O) groups is 2. The van der Waals surface area contributed by atoms with Gasteiger partial charge in [-0.05, 0) is 54.5 Å². The van der Waals surface area contributed by atoms with E-state index in [4.69, 9.17) is 9.84 Å². The van der Waals surface area contributed by atoms with Crippen LogP contribution in [0, 0.1) is 26.2 Å². The van der Waals surface area contributed by atoms with Crippen LogP contribution in [-0.4, -0.2) is 78.3 Å². The van der Waals surface area contributed by atoms with Gasteiger partial charge in [-0.25, -0.2) is 5.01 Å². The van der Waals surface area contributed by atoms with Crippen LogP contribution in [0.15, 0.2) is 47.6 Å². The van der Waals surface area contributed by atoms with Gasteiger partial charge in [-0.2, -0.15) is 5.10 Å². The Morgan fingerprint density at radius 1 is 1.00 bits per heavy atom. The molecule has 0 N–H and O–H groups in total. The molecular weight excluding hydrogens is 488 g/mol. The molecule has 7 heteroatoms. The molecule has 0 saturated carbocycles. The van der Waals surface area contributed by atoms with Gasteiger partial charge >= 0.3 is 0 Å². The predicted molar refractivity (Wildman–Crippen MR) is 156 cm³/mol. The summed E-state index contributed by atoms with van der Waals surface area (Å²) in [5, 5.41) is 6.51. The molecule has 39 heavy (non-hydrogen) atoms. The molecule has 2 heterocycles. The quantitative estimate of drug-likeness (QED) is 0.486. The van der Waals surface area contributed by atoms with E-state index in [0.29, 0.717) is 32.6 Å². The van der Waals surface area contributed by atoms with Crippen LogP contribution in [0.5, 0.6) is 0 Å². The standard InChI is InChI=1S/C32H44N4O3/c1-23-7-10-26(11-8-23)29-20-28(27-12-9-24(2)25(3)19-27)33-36(29)31(38)22-35(30(37)21-32(4,5)6)14-13-34-15-17-39-18-16-34/h7-12,19,29H,13-18,20-22H2,1-6H3. The van der Waals surface area contributed by atoms with E-state index in [0.717, 1.165) is 36.5 Å². The lowest BCUT2D eigenvalue weighted by Gasteiger charge is -2.32. The summed E-state index contributed by atoms with van der Waals surface area (Å²) in [6, 6.07) is 14.5. The summed E-state index contributed by atoms with van der Waals surface area (Å²) in [5.74, 6) is -0.141. The minimum atomic E-state index is -0.200. The second-order valence-electron chi connectivity index (χ2n) is 12.2. The highest BCUT2D eigenvalue weighted by Crippen LogP contribution is 2.33. The van der Waals surface area contributed by atoms with E-state index in [1.165, 1.54) is 16.7 Å². The van der Waals surface area contributed by atoms with Crippen LogP contribution in [0.3, 0.4) is 0 Å². The molecule has 2 aliphatic heterocycles. The fraction of sp³-hybridized carbons (Fsp3) is 0.531. The fourth-order valence-corrected chi connectivity index (χ4v) is 5.06. The molecule has 0 radical (unpaired) electrons. The molecule has 2 aliphatic rings. The Bertz CT molecular complexity index is 1190. The van der Waals surface area contributed by atoms with Gasteiger partial charge in [0.1, 0.15) is 6.54 Å². The van der Waals surface area contributed by atoms with Gasteiger partial charge in [-0.3, -0.25) is 14.5 Å². The van der Waals surface area contributed by atoms with Crippen molar-refractivity contribution in [3.63, 3.8) is 0 Å². The number of hydrogen-bond donors (Lipinski definition) is 0. The summed E-state index contributed by atoms with van der Waals surface area (Å²) in [7, 11) is 0. The zero-order valence-corrected chi connectivity index (χ0v) is 24.5. The van der Waals surface area contributed by atoms with Gasteiger partial charge in [0, 0.05) is 39.0 Å². The topological polar surface area (TPSA) is 65.5 Å². The van der Waals surface area contributed by atoms with Gasteiger partial charge in [0.2, 0.25) is 5.91 Å². The summed E-state index contributed by atoms with van der Waals surface area (Å²) < 4.78 is 5.48. The van der Waals surface area contributed by atoms with Gasteiger partial charge in [0.15, 0.2) is 0 Å². The molecular formula is C32H44N4O3. The van der Waals surface area contributed by atoms with E-state index < -0.39 is 0 Å². The summed E-state index contributed by atoms with van der Waals surface area (Å²) in [6.45, 7) is 16.8. The number of aryl methyl sites for hydroxylation is 3. The molecule has 0 spiro atoms. The second-order valence-corrected chi connectivity index (χ2v) is 12.2. The average molecular weight is 533 g/mol. The lowest BCUT2D eigenvalue weighted by molar-refractivity contribution is -0.142. The van der Waals surface area contributed by atoms with Gasteiger partial charge in [-0.1, -0.05) is 62.7 Å². The largest absolute Gasteiger partial charge is 0.379 e. The number of benzene rings is 2. The molecule has 1 fully saturated rings. The average Bonchev–Trinajstić information content (AvgIpc) is 3.34. The van der Waals surface area contributed by atoms with E-state index in [9.17, 15) is 9.59 Å². The molecule has 0 bridgehead atoms. The molecule has 2 amide bonds. The Balaban J connectivity index is 1.58. The van der Waals surface area contributed by atoms with Crippen molar-refractivity contribution < 1.29 is 14.3 Å². The van der Waals surface area contributed by atoms with E-state index in [1.54, 1.807) is 9.91 Å². The summed E-state index contributed by atoms with van der Waals surface area (Å²) >= 11 is 0. The van der Waals surface area contributed by atoms with Crippen LogP contribution in [0.1, 0.15) is 67.5 Å². The number of hydrogen-bond acceptors (Lipinski definition) is 5. The first-order valence-electron chi connectivity index (χ1n) is 14.1. The number of nitrogens with zero attached hydrogens (tertiary/aromatic N) is 4. The minimum Gasteiger partial charge on any atom is -0.379 e. The number of amides is 2. The third kappa shape index (κ3) is 7.76. The van der Waals surface area contributed by atoms with Gasteiger partial charge in [0.25, 0.3) is 5.91 Å². The fourth-order valence-electron chi connectivity index (χ4n) is 5.06. The molecule has 1 unspecified atom stereocenters. The molecule has 1 saturated heterocycles. The first kappa shape index (κ1) is 29.0. The molecule has 1 atom stereocenters. The van der Waals surface area contributed by atoms with Crippen LogP contribution < -0.4 is 0 Å². The predicted octanol–water partition coefficient (Wildman–Crippen LogP) is 4.89. The Kier molecular flexibility index (Phi) is 9.23. The van der Waals surface area contributed by atoms with Crippen molar-refractivity contribution >= 4 is 17.5 Å². The van der Waals surface area contributed by atoms with E-state index in [1.807, 2.05) is 0 Å². The van der Waals surface area contributed by atoms with Crippen molar-refractivity contribution in [3.8, 4) is 0 Å². The Morgan fingerprint density at radius 2 is 1.69 bits per heavy atom. The minimum absolute atomic E-state index is 0.00792. The monoisotopic (exact) mass is 532 g/mol. The van der Waals surface area contributed by atoms with E-state index >= 15 is 0 Å². The van der Waals surface area contributed by atoms with Crippen LogP contribution in [-0.2, 0) is 14.3 Å². The van der Waals surface area contributed by atoms with E-state index in [-0.39, 0.29) is 29.8 Å². The molecule has 210 valence electrons. The molecule has 7 nitrogen and oxygen atoms in total. The normalized spacial score (nSPS) is 18.3. The van der Waals surface area contributed by atoms with Gasteiger partial charge < -0.3 is 9.64 Å². The summed E-state index contributed by atoms with van der Waals surface area (Å²) in [4.78, 5) is 31.4. The zero-order valence-electron chi connectivity index (χ0n) is 24.5. The number of rotatable bonds is 8. The number of hydrazone groups is 1. The highest BCUT2D eigenvalue weighted by atomic mass is 16.5. The number of ether oxygens (including phenoxy) is 1. The first-order chi connectivity index (χ1) is 18.5. The van der Waals surface area contributed by atoms with Crippen LogP contribution in [0.4, 0.5) is 0 Å². The van der Waals surface area contributed by atoms with Crippen LogP contribution in [0.2, 0.25) is 0 Å². The van der Waals surface area contributed by atoms with Crippen molar-refractivity contribution in [2.75, 3.05) is 45.9 Å². The third-order valence-electron chi connectivity index (χ3n) is 7.62. The number of carbonyl (C=O) groups excluding carboxylic acids is 2. The van der Waals surface area contributed by atoms with Crippen molar-refractivity contribution in [1.82, 2.24) is 14.8 Å². The Morgan fingerprint density at radius 3 is 2.33 bits per heavy atom. The van der Waals surface area contributed by atoms with Gasteiger partial charge in [-0.15, -0.1) is 0 Å². The first-order valence-corrected chi connectivity index (χ1v) is 14.1. The Hall–Kier alpha value is -3.03. The third-order valence-corrected chi connectivity index (χ3v) is 7.62. The molecule has 2 aromatic rings. The highest BCUT2D eigenvalue weighted by Gasteiger charge is 2.35. The van der Waals surface area contributed by atoms with Crippen molar-refractivity contribution in [2.24, 2.45) is 10.5 Å². The number of morpholine rings is 1. The SMILES string of the molecule is Cc1ccc(C2CC(c3ccc(C)c(C)c3)=NN2C(=O)CN(CCN2CCOCC2)C(=O)CC(C)(C)C)cc1. The van der Waals surface area contributed by atoms with Crippen LogP contribution in [0.25, 0.3) is 0 Å². The maximum Gasteiger partial charge on any atom is 0.262 e. The molecule has 2 aromatic carbocycles. The second kappa shape index (κ2) is 12.4.